The van der Waals surface area contributed by atoms with E-state index in [1.807, 2.05) is 20.8 Å². The molecule has 14 heavy (non-hydrogen) atoms. The molecule has 0 fully saturated rings. The Bertz CT molecular complexity index is 371. The summed E-state index contributed by atoms with van der Waals surface area (Å²) in [7, 11) is 1.75. The molecule has 0 aromatic carbocycles. The molecule has 0 saturated carbocycles. The summed E-state index contributed by atoms with van der Waals surface area (Å²) in [5.41, 5.74) is 6.95. The average molecular weight is 195 g/mol. The average Bonchev–Trinajstić information content (AvgIpc) is 2.27. The monoisotopic (exact) mass is 195 g/mol. The van der Waals surface area contributed by atoms with Crippen LogP contribution in [0, 0.1) is 0 Å². The SMILES string of the molecule is CC(=O)c1c(C(C)(C)C)nn(C)c1N. The first-order valence-corrected chi connectivity index (χ1v) is 4.59. The zero-order valence-electron chi connectivity index (χ0n) is 9.38. The van der Waals surface area contributed by atoms with Crippen LogP contribution in [-0.4, -0.2) is 15.6 Å². The van der Waals surface area contributed by atoms with Gasteiger partial charge >= 0.3 is 0 Å². The highest BCUT2D eigenvalue weighted by Gasteiger charge is 2.26. The minimum Gasteiger partial charge on any atom is -0.383 e. The molecule has 1 rings (SSSR count). The number of nitrogens with zero attached hydrogens (tertiary/aromatic N) is 2. The third-order valence-corrected chi connectivity index (χ3v) is 2.15. The minimum absolute atomic E-state index is 0.0273. The second-order valence-corrected chi connectivity index (χ2v) is 4.54. The van der Waals surface area contributed by atoms with Gasteiger partial charge in [0.1, 0.15) is 5.82 Å². The summed E-state index contributed by atoms with van der Waals surface area (Å²) in [6, 6.07) is 0. The van der Waals surface area contributed by atoms with Crippen LogP contribution in [0.2, 0.25) is 0 Å². The molecule has 0 amide bonds. The van der Waals surface area contributed by atoms with E-state index < -0.39 is 0 Å². The molecule has 0 aliphatic carbocycles. The van der Waals surface area contributed by atoms with E-state index in [1.165, 1.54) is 6.92 Å². The predicted molar refractivity (Wildman–Crippen MR) is 56.3 cm³/mol. The van der Waals surface area contributed by atoms with Gasteiger partial charge in [0.2, 0.25) is 0 Å². The highest BCUT2D eigenvalue weighted by molar-refractivity contribution is 5.99. The fourth-order valence-electron chi connectivity index (χ4n) is 1.41. The summed E-state index contributed by atoms with van der Waals surface area (Å²) >= 11 is 0. The Kier molecular flexibility index (Phi) is 2.39. The van der Waals surface area contributed by atoms with Gasteiger partial charge < -0.3 is 5.73 Å². The lowest BCUT2D eigenvalue weighted by Gasteiger charge is -2.16. The second-order valence-electron chi connectivity index (χ2n) is 4.54. The number of hydrogen-bond donors (Lipinski definition) is 1. The standard InChI is InChI=1S/C10H17N3O/c1-6(14)7-8(10(2,3)4)12-13(5)9(7)11/h11H2,1-5H3. The van der Waals surface area contributed by atoms with E-state index in [-0.39, 0.29) is 11.2 Å². The second kappa shape index (κ2) is 3.12. The van der Waals surface area contributed by atoms with Gasteiger partial charge in [0.25, 0.3) is 0 Å². The Hall–Kier alpha value is -1.32. The topological polar surface area (TPSA) is 60.9 Å². The van der Waals surface area contributed by atoms with Gasteiger partial charge in [0, 0.05) is 12.5 Å². The van der Waals surface area contributed by atoms with Crippen molar-refractivity contribution >= 4 is 11.6 Å². The van der Waals surface area contributed by atoms with E-state index in [1.54, 1.807) is 11.7 Å². The summed E-state index contributed by atoms with van der Waals surface area (Å²) in [6.07, 6.45) is 0. The third-order valence-electron chi connectivity index (χ3n) is 2.15. The van der Waals surface area contributed by atoms with Gasteiger partial charge in [-0.25, -0.2) is 0 Å². The normalized spacial score (nSPS) is 11.8. The summed E-state index contributed by atoms with van der Waals surface area (Å²) < 4.78 is 1.55. The van der Waals surface area contributed by atoms with Crippen molar-refractivity contribution < 1.29 is 4.79 Å². The van der Waals surface area contributed by atoms with E-state index >= 15 is 0 Å². The molecule has 1 heterocycles. The molecule has 0 atom stereocenters. The summed E-state index contributed by atoms with van der Waals surface area (Å²) in [6.45, 7) is 7.56. The number of Topliss-reactive ketones (excluding diaryl/α,β-unsaturated/α-hetero) is 1. The molecule has 0 saturated heterocycles. The number of nitrogens with two attached hydrogens (primary N) is 1. The summed E-state index contributed by atoms with van der Waals surface area (Å²) in [5, 5.41) is 4.27. The van der Waals surface area contributed by atoms with Gasteiger partial charge in [0.05, 0.1) is 11.3 Å². The van der Waals surface area contributed by atoms with Crippen LogP contribution in [-0.2, 0) is 12.5 Å². The van der Waals surface area contributed by atoms with E-state index in [9.17, 15) is 4.79 Å². The fourth-order valence-corrected chi connectivity index (χ4v) is 1.41. The molecule has 78 valence electrons. The van der Waals surface area contributed by atoms with Crippen molar-refractivity contribution in [3.63, 3.8) is 0 Å². The number of carbonyl (C=O) groups is 1. The number of aryl methyl sites for hydroxylation is 1. The van der Waals surface area contributed by atoms with Crippen LogP contribution < -0.4 is 5.73 Å². The largest absolute Gasteiger partial charge is 0.383 e. The maximum absolute atomic E-state index is 11.4. The number of rotatable bonds is 1. The van der Waals surface area contributed by atoms with Crippen LogP contribution >= 0.6 is 0 Å². The molecule has 0 bridgehead atoms. The van der Waals surface area contributed by atoms with Crippen molar-refractivity contribution in [3.05, 3.63) is 11.3 Å². The van der Waals surface area contributed by atoms with Gasteiger partial charge in [-0.2, -0.15) is 5.10 Å². The molecule has 1 aromatic rings. The lowest BCUT2D eigenvalue weighted by Crippen LogP contribution is -2.16. The van der Waals surface area contributed by atoms with Crippen LogP contribution in [0.25, 0.3) is 0 Å². The fraction of sp³-hybridized carbons (Fsp3) is 0.600. The molecule has 2 N–H and O–H groups in total. The first kappa shape index (κ1) is 10.8. The van der Waals surface area contributed by atoms with Crippen molar-refractivity contribution in [3.8, 4) is 0 Å². The number of aromatic nitrogens is 2. The number of carbonyl (C=O) groups excluding carboxylic acids is 1. The quantitative estimate of drug-likeness (QED) is 0.691. The maximum atomic E-state index is 11.4. The van der Waals surface area contributed by atoms with Gasteiger partial charge in [-0.1, -0.05) is 20.8 Å². The van der Waals surface area contributed by atoms with E-state index in [0.29, 0.717) is 11.4 Å². The van der Waals surface area contributed by atoms with Crippen molar-refractivity contribution in [1.29, 1.82) is 0 Å². The van der Waals surface area contributed by atoms with Crippen LogP contribution in [0.15, 0.2) is 0 Å². The van der Waals surface area contributed by atoms with Crippen molar-refractivity contribution in [2.75, 3.05) is 5.73 Å². The molecular weight excluding hydrogens is 178 g/mol. The third kappa shape index (κ3) is 1.64. The van der Waals surface area contributed by atoms with Crippen LogP contribution in [0.3, 0.4) is 0 Å². The lowest BCUT2D eigenvalue weighted by atomic mass is 9.88. The molecule has 0 radical (unpaired) electrons. The Morgan fingerprint density at radius 3 is 2.21 bits per heavy atom. The minimum atomic E-state index is -0.156. The lowest BCUT2D eigenvalue weighted by molar-refractivity contribution is 0.101. The Morgan fingerprint density at radius 1 is 1.43 bits per heavy atom. The maximum Gasteiger partial charge on any atom is 0.165 e. The van der Waals surface area contributed by atoms with Crippen molar-refractivity contribution in [1.82, 2.24) is 9.78 Å². The Balaban J connectivity index is 3.45. The highest BCUT2D eigenvalue weighted by Crippen LogP contribution is 2.28. The first-order chi connectivity index (χ1) is 6.25. The van der Waals surface area contributed by atoms with Gasteiger partial charge in [-0.3, -0.25) is 9.48 Å². The van der Waals surface area contributed by atoms with Gasteiger partial charge in [-0.05, 0) is 6.92 Å². The van der Waals surface area contributed by atoms with Gasteiger partial charge in [-0.15, -0.1) is 0 Å². The molecule has 0 spiro atoms. The first-order valence-electron chi connectivity index (χ1n) is 4.59. The highest BCUT2D eigenvalue weighted by atomic mass is 16.1. The molecule has 0 aliphatic rings. The molecule has 4 nitrogen and oxygen atoms in total. The Labute approximate surface area is 84.1 Å². The van der Waals surface area contributed by atoms with Crippen molar-refractivity contribution in [2.24, 2.45) is 7.05 Å². The van der Waals surface area contributed by atoms with E-state index in [4.69, 9.17) is 5.73 Å². The zero-order chi connectivity index (χ0) is 11.1. The van der Waals surface area contributed by atoms with E-state index in [0.717, 1.165) is 5.69 Å². The molecule has 4 heteroatoms. The van der Waals surface area contributed by atoms with E-state index in [2.05, 4.69) is 5.10 Å². The summed E-state index contributed by atoms with van der Waals surface area (Å²) in [5.74, 6) is 0.419. The predicted octanol–water partition coefficient (Wildman–Crippen LogP) is 1.50. The number of nitrogen functional groups attached to an aromatic ring is 1. The van der Waals surface area contributed by atoms with Crippen molar-refractivity contribution in [2.45, 2.75) is 33.1 Å². The number of ketones is 1. The molecular formula is C10H17N3O. The number of hydrogen-bond acceptors (Lipinski definition) is 3. The smallest absolute Gasteiger partial charge is 0.165 e. The zero-order valence-corrected chi connectivity index (χ0v) is 9.38. The number of anilines is 1. The van der Waals surface area contributed by atoms with Crippen LogP contribution in [0.5, 0.6) is 0 Å². The summed E-state index contributed by atoms with van der Waals surface area (Å²) in [4.78, 5) is 11.4. The van der Waals surface area contributed by atoms with Crippen LogP contribution in [0.4, 0.5) is 5.82 Å². The molecule has 1 aromatic heterocycles. The molecule has 0 unspecified atom stereocenters. The van der Waals surface area contributed by atoms with Crippen LogP contribution in [0.1, 0.15) is 43.7 Å². The Morgan fingerprint density at radius 2 is 1.93 bits per heavy atom. The van der Waals surface area contributed by atoms with Gasteiger partial charge in [0.15, 0.2) is 5.78 Å². The molecule has 0 aliphatic heterocycles.